The van der Waals surface area contributed by atoms with Crippen molar-refractivity contribution in [2.45, 2.75) is 91.3 Å². The van der Waals surface area contributed by atoms with E-state index in [0.717, 1.165) is 65.5 Å². The van der Waals surface area contributed by atoms with Gasteiger partial charge in [0.25, 0.3) is 0 Å². The monoisotopic (exact) mass is 550 g/mol. The Hall–Kier alpha value is -3.46. The van der Waals surface area contributed by atoms with E-state index < -0.39 is 5.60 Å². The van der Waals surface area contributed by atoms with Gasteiger partial charge in [-0.15, -0.1) is 5.10 Å². The third-order valence-electron chi connectivity index (χ3n) is 7.36. The molecule has 1 amide bonds. The SMILES string of the molecule is CCOC(=O)CC(c1ccc2c(c1)CN(C(=O)OC(C)(C)C)CC2)c1ccc2c(nnn2CCCCCO)c1C. The van der Waals surface area contributed by atoms with Crippen molar-refractivity contribution in [2.24, 2.45) is 0 Å². The van der Waals surface area contributed by atoms with Crippen molar-refractivity contribution in [3.8, 4) is 0 Å². The van der Waals surface area contributed by atoms with Crippen LogP contribution in [0.3, 0.4) is 0 Å². The summed E-state index contributed by atoms with van der Waals surface area (Å²) in [5.74, 6) is -0.493. The van der Waals surface area contributed by atoms with E-state index in [1.54, 1.807) is 4.90 Å². The number of rotatable bonds is 10. The van der Waals surface area contributed by atoms with Gasteiger partial charge in [0.15, 0.2) is 0 Å². The normalized spacial score (nSPS) is 14.2. The molecule has 216 valence electrons. The van der Waals surface area contributed by atoms with Crippen LogP contribution in [0.5, 0.6) is 0 Å². The zero-order valence-electron chi connectivity index (χ0n) is 24.4. The van der Waals surface area contributed by atoms with Crippen molar-refractivity contribution in [3.05, 3.63) is 58.1 Å². The van der Waals surface area contributed by atoms with Gasteiger partial charge in [-0.05, 0) is 94.2 Å². The Bertz CT molecular complexity index is 1340. The van der Waals surface area contributed by atoms with Crippen LogP contribution < -0.4 is 0 Å². The minimum atomic E-state index is -0.554. The van der Waals surface area contributed by atoms with Gasteiger partial charge in [0, 0.05) is 32.2 Å². The predicted molar refractivity (Wildman–Crippen MR) is 153 cm³/mol. The number of carbonyl (C=O) groups excluding carboxylic acids is 2. The minimum Gasteiger partial charge on any atom is -0.466 e. The molecule has 2 aromatic carbocycles. The summed E-state index contributed by atoms with van der Waals surface area (Å²) in [6.07, 6.45) is 3.27. The third-order valence-corrected chi connectivity index (χ3v) is 7.36. The van der Waals surface area contributed by atoms with Crippen molar-refractivity contribution in [1.29, 1.82) is 0 Å². The van der Waals surface area contributed by atoms with Crippen LogP contribution in [-0.2, 0) is 33.8 Å². The zero-order valence-corrected chi connectivity index (χ0v) is 24.4. The van der Waals surface area contributed by atoms with Gasteiger partial charge in [-0.1, -0.05) is 29.5 Å². The van der Waals surface area contributed by atoms with Crippen LogP contribution in [0, 0.1) is 6.92 Å². The number of carbonyl (C=O) groups is 2. The molecule has 4 rings (SSSR count). The highest BCUT2D eigenvalue weighted by atomic mass is 16.6. The average Bonchev–Trinajstić information content (AvgIpc) is 3.32. The number of unbranched alkanes of at least 4 members (excludes halogenated alkanes) is 2. The number of benzene rings is 2. The first-order valence-corrected chi connectivity index (χ1v) is 14.3. The topological polar surface area (TPSA) is 107 Å². The van der Waals surface area contributed by atoms with Crippen molar-refractivity contribution < 1.29 is 24.2 Å². The lowest BCUT2D eigenvalue weighted by atomic mass is 9.83. The molecular formula is C31H42N4O5. The van der Waals surface area contributed by atoms with Crippen LogP contribution in [0.25, 0.3) is 11.0 Å². The molecule has 0 radical (unpaired) electrons. The van der Waals surface area contributed by atoms with E-state index in [-0.39, 0.29) is 31.0 Å². The predicted octanol–water partition coefficient (Wildman–Crippen LogP) is 5.28. The van der Waals surface area contributed by atoms with E-state index in [4.69, 9.17) is 14.6 Å². The second-order valence-corrected chi connectivity index (χ2v) is 11.5. The fourth-order valence-electron chi connectivity index (χ4n) is 5.35. The molecule has 1 aromatic heterocycles. The molecule has 2 heterocycles. The Morgan fingerprint density at radius 1 is 1.10 bits per heavy atom. The standard InChI is InChI=1S/C31H42N4O5/c1-6-39-28(37)19-26(25-12-13-27-29(21(25)2)32-33-35(27)15-8-7-9-17-36)23-11-10-22-14-16-34(20-24(22)18-23)30(38)40-31(3,4)5/h10-13,18,26,36H,6-9,14-17,19-20H2,1-5H3. The number of hydrogen-bond donors (Lipinski definition) is 1. The van der Waals surface area contributed by atoms with Crippen LogP contribution in [0.4, 0.5) is 4.79 Å². The average molecular weight is 551 g/mol. The minimum absolute atomic E-state index is 0.198. The fraction of sp³-hybridized carbons (Fsp3) is 0.548. The zero-order chi connectivity index (χ0) is 28.9. The van der Waals surface area contributed by atoms with Gasteiger partial charge < -0.3 is 19.5 Å². The van der Waals surface area contributed by atoms with E-state index in [9.17, 15) is 9.59 Å². The van der Waals surface area contributed by atoms with Crippen LogP contribution in [0.15, 0.2) is 30.3 Å². The number of hydrogen-bond acceptors (Lipinski definition) is 7. The van der Waals surface area contributed by atoms with Gasteiger partial charge in [0.2, 0.25) is 0 Å². The maximum atomic E-state index is 12.8. The van der Waals surface area contributed by atoms with Crippen molar-refractivity contribution in [1.82, 2.24) is 19.9 Å². The number of aliphatic hydroxyl groups excluding tert-OH is 1. The number of aliphatic hydroxyl groups is 1. The molecule has 1 N–H and O–H groups in total. The van der Waals surface area contributed by atoms with E-state index in [2.05, 4.69) is 34.6 Å². The highest BCUT2D eigenvalue weighted by molar-refractivity contribution is 5.80. The molecular weight excluding hydrogens is 508 g/mol. The molecule has 1 aliphatic heterocycles. The summed E-state index contributed by atoms with van der Waals surface area (Å²) in [5, 5.41) is 17.9. The molecule has 0 saturated heterocycles. The maximum absolute atomic E-state index is 12.8. The lowest BCUT2D eigenvalue weighted by Crippen LogP contribution is -2.39. The molecule has 9 heteroatoms. The molecule has 0 fully saturated rings. The number of nitrogens with zero attached hydrogens (tertiary/aromatic N) is 4. The van der Waals surface area contributed by atoms with E-state index in [0.29, 0.717) is 19.7 Å². The third kappa shape index (κ3) is 6.99. The maximum Gasteiger partial charge on any atom is 0.410 e. The molecule has 1 aliphatic rings. The van der Waals surface area contributed by atoms with E-state index >= 15 is 0 Å². The number of amides is 1. The first-order chi connectivity index (χ1) is 19.1. The summed E-state index contributed by atoms with van der Waals surface area (Å²) in [4.78, 5) is 27.3. The number of ether oxygens (including phenoxy) is 2. The van der Waals surface area contributed by atoms with Gasteiger partial charge in [-0.2, -0.15) is 0 Å². The van der Waals surface area contributed by atoms with Crippen molar-refractivity contribution in [2.75, 3.05) is 19.8 Å². The molecule has 3 aromatic rings. The smallest absolute Gasteiger partial charge is 0.410 e. The van der Waals surface area contributed by atoms with Gasteiger partial charge in [-0.3, -0.25) is 4.79 Å². The first-order valence-electron chi connectivity index (χ1n) is 14.3. The number of esters is 1. The molecule has 0 aliphatic carbocycles. The van der Waals surface area contributed by atoms with Gasteiger partial charge in [0.1, 0.15) is 11.1 Å². The van der Waals surface area contributed by atoms with E-state index in [1.165, 1.54) is 5.56 Å². The van der Waals surface area contributed by atoms with Crippen LogP contribution in [-0.4, -0.2) is 62.4 Å². The number of aryl methyl sites for hydroxylation is 2. The Morgan fingerprint density at radius 3 is 2.62 bits per heavy atom. The highest BCUT2D eigenvalue weighted by Gasteiger charge is 2.28. The van der Waals surface area contributed by atoms with Crippen LogP contribution in [0.1, 0.15) is 87.1 Å². The Morgan fingerprint density at radius 2 is 1.90 bits per heavy atom. The fourth-order valence-corrected chi connectivity index (χ4v) is 5.35. The van der Waals surface area contributed by atoms with Crippen molar-refractivity contribution in [3.63, 3.8) is 0 Å². The molecule has 40 heavy (non-hydrogen) atoms. The van der Waals surface area contributed by atoms with Crippen LogP contribution in [0.2, 0.25) is 0 Å². The second kappa shape index (κ2) is 12.8. The Kier molecular flexibility index (Phi) is 9.45. The summed E-state index contributed by atoms with van der Waals surface area (Å²) in [7, 11) is 0. The largest absolute Gasteiger partial charge is 0.466 e. The molecule has 0 bridgehead atoms. The van der Waals surface area contributed by atoms with Gasteiger partial charge in [0.05, 0.1) is 18.5 Å². The Balaban J connectivity index is 1.65. The quantitative estimate of drug-likeness (QED) is 0.270. The van der Waals surface area contributed by atoms with Crippen LogP contribution >= 0.6 is 0 Å². The highest BCUT2D eigenvalue weighted by Crippen LogP contribution is 2.35. The number of aromatic nitrogens is 3. The Labute approximate surface area is 236 Å². The number of fused-ring (bicyclic) bond motifs is 2. The molecule has 0 saturated carbocycles. The molecule has 9 nitrogen and oxygen atoms in total. The molecule has 1 unspecified atom stereocenters. The van der Waals surface area contributed by atoms with Gasteiger partial charge in [-0.25, -0.2) is 9.48 Å². The lowest BCUT2D eigenvalue weighted by Gasteiger charge is -2.32. The van der Waals surface area contributed by atoms with E-state index in [1.807, 2.05) is 45.4 Å². The molecule has 1 atom stereocenters. The lowest BCUT2D eigenvalue weighted by molar-refractivity contribution is -0.143. The summed E-state index contributed by atoms with van der Waals surface area (Å²) >= 11 is 0. The summed E-state index contributed by atoms with van der Waals surface area (Å²) in [5.41, 5.74) is 6.49. The molecule has 0 spiro atoms. The van der Waals surface area contributed by atoms with Gasteiger partial charge >= 0.3 is 12.1 Å². The summed E-state index contributed by atoms with van der Waals surface area (Å²) in [6, 6.07) is 10.4. The second-order valence-electron chi connectivity index (χ2n) is 11.5. The van der Waals surface area contributed by atoms with Crippen molar-refractivity contribution >= 4 is 23.1 Å². The summed E-state index contributed by atoms with van der Waals surface area (Å²) in [6.45, 7) is 11.8. The first kappa shape index (κ1) is 29.5. The summed E-state index contributed by atoms with van der Waals surface area (Å²) < 4.78 is 12.9.